The average Bonchev–Trinajstić information content (AvgIpc) is 3.06. The number of aliphatic carboxylic acids is 1. The van der Waals surface area contributed by atoms with Gasteiger partial charge in [-0.2, -0.15) is 0 Å². The van der Waals surface area contributed by atoms with Gasteiger partial charge in [0.15, 0.2) is 0 Å². The van der Waals surface area contributed by atoms with E-state index in [1.807, 2.05) is 0 Å². The van der Waals surface area contributed by atoms with E-state index in [0.717, 1.165) is 0 Å². The standard InChI is InChI=1S/C23H24N4O6S/c1-23(2)18(22(32)33)27-20(31)16(21(27)34-23)25-14(28)12-24-19(30)17(13-8-4-3-5-9-13)26-11-7-6-10-15(26)29/h3-11,16-18,21H,12H2,1-2H3,(H,24,30)(H,25,28)(H,32,33)/t16-,17?,18+,21-/m1/s1. The van der Waals surface area contributed by atoms with E-state index in [2.05, 4.69) is 10.6 Å². The zero-order chi connectivity index (χ0) is 24.6. The van der Waals surface area contributed by atoms with Crippen molar-refractivity contribution >= 4 is 35.5 Å². The molecule has 2 aliphatic rings. The molecule has 2 aliphatic heterocycles. The van der Waals surface area contributed by atoms with Crippen molar-refractivity contribution in [2.45, 2.75) is 42.1 Å². The molecule has 0 spiro atoms. The molecule has 4 atom stereocenters. The lowest BCUT2D eigenvalue weighted by atomic mass is 9.96. The molecule has 0 bridgehead atoms. The fourth-order valence-corrected chi connectivity index (χ4v) is 5.99. The van der Waals surface area contributed by atoms with E-state index in [9.17, 15) is 29.1 Å². The predicted molar refractivity (Wildman–Crippen MR) is 124 cm³/mol. The minimum atomic E-state index is -1.09. The number of hydrogen-bond acceptors (Lipinski definition) is 6. The zero-order valence-electron chi connectivity index (χ0n) is 18.5. The van der Waals surface area contributed by atoms with E-state index in [1.54, 1.807) is 56.3 Å². The fraction of sp³-hybridized carbons (Fsp3) is 0.348. The highest BCUT2D eigenvalue weighted by Crippen LogP contribution is 2.50. The van der Waals surface area contributed by atoms with E-state index in [1.165, 1.54) is 33.5 Å². The maximum Gasteiger partial charge on any atom is 0.327 e. The Morgan fingerprint density at radius 1 is 1.09 bits per heavy atom. The van der Waals surface area contributed by atoms with E-state index in [4.69, 9.17) is 0 Å². The van der Waals surface area contributed by atoms with Gasteiger partial charge in [-0.3, -0.25) is 23.7 Å². The number of pyridine rings is 1. The van der Waals surface area contributed by atoms with Crippen LogP contribution in [0.5, 0.6) is 0 Å². The van der Waals surface area contributed by atoms with Crippen LogP contribution in [-0.4, -0.2) is 67.0 Å². The molecule has 1 unspecified atom stereocenters. The van der Waals surface area contributed by atoms with Crippen molar-refractivity contribution in [3.05, 3.63) is 70.6 Å². The number of carbonyl (C=O) groups is 4. The summed E-state index contributed by atoms with van der Waals surface area (Å²) in [5.41, 5.74) is 0.202. The topological polar surface area (TPSA) is 138 Å². The SMILES string of the molecule is CC1(C)S[C@@H]2[C@H](NC(=O)CNC(=O)C(c3ccccc3)n3ccccc3=O)C(=O)N2[C@H]1C(=O)O. The van der Waals surface area contributed by atoms with Gasteiger partial charge in [-0.05, 0) is 25.5 Å². The monoisotopic (exact) mass is 484 g/mol. The Balaban J connectivity index is 1.42. The number of amides is 3. The summed E-state index contributed by atoms with van der Waals surface area (Å²) < 4.78 is 0.574. The highest BCUT2D eigenvalue weighted by Gasteiger charge is 2.64. The summed E-state index contributed by atoms with van der Waals surface area (Å²) in [7, 11) is 0. The van der Waals surface area contributed by atoms with Gasteiger partial charge in [-0.15, -0.1) is 11.8 Å². The van der Waals surface area contributed by atoms with E-state index >= 15 is 0 Å². The first-order valence-corrected chi connectivity index (χ1v) is 11.5. The zero-order valence-corrected chi connectivity index (χ0v) is 19.3. The van der Waals surface area contributed by atoms with Crippen LogP contribution in [-0.2, 0) is 19.2 Å². The molecule has 34 heavy (non-hydrogen) atoms. The number of thioether (sulfide) groups is 1. The van der Waals surface area contributed by atoms with Gasteiger partial charge < -0.3 is 20.6 Å². The van der Waals surface area contributed by atoms with Crippen molar-refractivity contribution in [1.82, 2.24) is 20.1 Å². The van der Waals surface area contributed by atoms with Crippen molar-refractivity contribution in [3.8, 4) is 0 Å². The second kappa shape index (κ2) is 8.98. The Morgan fingerprint density at radius 2 is 1.76 bits per heavy atom. The van der Waals surface area contributed by atoms with Crippen molar-refractivity contribution < 1.29 is 24.3 Å². The van der Waals surface area contributed by atoms with Crippen LogP contribution >= 0.6 is 11.8 Å². The number of hydrogen-bond donors (Lipinski definition) is 3. The van der Waals surface area contributed by atoms with Crippen molar-refractivity contribution in [3.63, 3.8) is 0 Å². The number of nitrogens with zero attached hydrogens (tertiary/aromatic N) is 2. The molecule has 3 amide bonds. The number of fused-ring (bicyclic) bond motifs is 1. The molecule has 2 saturated heterocycles. The normalized spacial score (nSPS) is 23.4. The number of nitrogens with one attached hydrogen (secondary N) is 2. The first-order valence-electron chi connectivity index (χ1n) is 10.6. The van der Waals surface area contributed by atoms with Gasteiger partial charge in [0.1, 0.15) is 23.5 Å². The number of β-lactam (4-membered cyclic amide) rings is 1. The Kier molecular flexibility index (Phi) is 6.22. The largest absolute Gasteiger partial charge is 0.480 e. The second-order valence-electron chi connectivity index (χ2n) is 8.62. The lowest BCUT2D eigenvalue weighted by Crippen LogP contribution is -2.71. The molecule has 0 saturated carbocycles. The van der Waals surface area contributed by atoms with Gasteiger partial charge in [0.05, 0.1) is 6.54 Å². The molecular formula is C23H24N4O6S. The van der Waals surface area contributed by atoms with Crippen molar-refractivity contribution in [2.24, 2.45) is 0 Å². The van der Waals surface area contributed by atoms with E-state index < -0.39 is 58.5 Å². The van der Waals surface area contributed by atoms with Crippen LogP contribution in [0.1, 0.15) is 25.5 Å². The number of benzene rings is 1. The molecule has 10 nitrogen and oxygen atoms in total. The number of rotatable bonds is 7. The Bertz CT molecular complexity index is 1200. The molecule has 2 fully saturated rings. The predicted octanol–water partition coefficient (Wildman–Crippen LogP) is 0.186. The third kappa shape index (κ3) is 4.18. The van der Waals surface area contributed by atoms with Gasteiger partial charge >= 0.3 is 5.97 Å². The van der Waals surface area contributed by atoms with E-state index in [0.29, 0.717) is 5.56 Å². The third-order valence-corrected chi connectivity index (χ3v) is 7.48. The van der Waals surface area contributed by atoms with Crippen LogP contribution < -0.4 is 16.2 Å². The maximum atomic E-state index is 13.0. The second-order valence-corrected chi connectivity index (χ2v) is 10.4. The first kappa shape index (κ1) is 23.6. The van der Waals surface area contributed by atoms with Gasteiger partial charge in [-0.25, -0.2) is 4.79 Å². The number of carbonyl (C=O) groups excluding carboxylic acids is 3. The lowest BCUT2D eigenvalue weighted by Gasteiger charge is -2.43. The Hall–Kier alpha value is -3.60. The summed E-state index contributed by atoms with van der Waals surface area (Å²) in [5, 5.41) is 14.1. The minimum Gasteiger partial charge on any atom is -0.480 e. The molecule has 1 aromatic carbocycles. The van der Waals surface area contributed by atoms with Crippen LogP contribution in [0.25, 0.3) is 0 Å². The molecule has 178 valence electrons. The van der Waals surface area contributed by atoms with Crippen LogP contribution in [0.4, 0.5) is 0 Å². The molecule has 4 rings (SSSR count). The van der Waals surface area contributed by atoms with Gasteiger partial charge in [0.2, 0.25) is 17.7 Å². The average molecular weight is 485 g/mol. The van der Waals surface area contributed by atoms with E-state index in [-0.39, 0.29) is 5.56 Å². The Labute approximate surface area is 199 Å². The first-order chi connectivity index (χ1) is 16.1. The summed E-state index contributed by atoms with van der Waals surface area (Å²) in [6.07, 6.45) is 1.50. The van der Waals surface area contributed by atoms with Crippen molar-refractivity contribution in [2.75, 3.05) is 6.54 Å². The van der Waals surface area contributed by atoms with Gasteiger partial charge in [0.25, 0.3) is 5.56 Å². The van der Waals surface area contributed by atoms with Gasteiger partial charge in [-0.1, -0.05) is 36.4 Å². The summed E-state index contributed by atoms with van der Waals surface area (Å²) in [6, 6.07) is 10.4. The maximum absolute atomic E-state index is 13.0. The lowest BCUT2D eigenvalue weighted by molar-refractivity contribution is -0.161. The Morgan fingerprint density at radius 3 is 2.41 bits per heavy atom. The molecule has 0 aliphatic carbocycles. The summed E-state index contributed by atoms with van der Waals surface area (Å²) >= 11 is 1.32. The van der Waals surface area contributed by atoms with Crippen LogP contribution in [0.2, 0.25) is 0 Å². The molecule has 3 N–H and O–H groups in total. The minimum absolute atomic E-state index is 0.370. The smallest absolute Gasteiger partial charge is 0.327 e. The van der Waals surface area contributed by atoms with Crippen LogP contribution in [0, 0.1) is 0 Å². The molecule has 0 radical (unpaired) electrons. The highest BCUT2D eigenvalue weighted by molar-refractivity contribution is 8.01. The molecule has 2 aromatic rings. The molecular weight excluding hydrogens is 460 g/mol. The summed E-state index contributed by atoms with van der Waals surface area (Å²) in [6.45, 7) is 3.09. The van der Waals surface area contributed by atoms with Crippen LogP contribution in [0.3, 0.4) is 0 Å². The fourth-order valence-electron chi connectivity index (χ4n) is 4.36. The highest BCUT2D eigenvalue weighted by atomic mass is 32.2. The quantitative estimate of drug-likeness (QED) is 0.477. The molecule has 11 heteroatoms. The summed E-state index contributed by atoms with van der Waals surface area (Å²) in [4.78, 5) is 63.4. The van der Waals surface area contributed by atoms with Gasteiger partial charge in [0, 0.05) is 17.0 Å². The summed E-state index contributed by atoms with van der Waals surface area (Å²) in [5.74, 6) is -2.70. The van der Waals surface area contributed by atoms with Crippen molar-refractivity contribution in [1.29, 1.82) is 0 Å². The molecule has 3 heterocycles. The number of carboxylic acid groups (broad SMARTS) is 1. The van der Waals surface area contributed by atoms with Crippen LogP contribution in [0.15, 0.2) is 59.5 Å². The third-order valence-electron chi connectivity index (χ3n) is 5.91. The number of aromatic nitrogens is 1. The molecule has 1 aromatic heterocycles. The number of carboxylic acids is 1.